The normalized spacial score (nSPS) is 10.8. The lowest BCUT2D eigenvalue weighted by molar-refractivity contribution is 0.385. The second-order valence-electron chi connectivity index (χ2n) is 4.82. The molecule has 0 aliphatic heterocycles. The van der Waals surface area contributed by atoms with Gasteiger partial charge in [0.2, 0.25) is 5.89 Å². The summed E-state index contributed by atoms with van der Waals surface area (Å²) >= 11 is 1.52. The van der Waals surface area contributed by atoms with Crippen molar-refractivity contribution in [1.82, 2.24) is 24.9 Å². The van der Waals surface area contributed by atoms with E-state index in [2.05, 4.69) is 26.9 Å². The van der Waals surface area contributed by atoms with Gasteiger partial charge >= 0.3 is 0 Å². The van der Waals surface area contributed by atoms with E-state index in [1.54, 1.807) is 0 Å². The molecule has 118 valence electrons. The Bertz CT molecular complexity index is 781. The fourth-order valence-electron chi connectivity index (χ4n) is 2.11. The first-order valence-corrected chi connectivity index (χ1v) is 8.34. The van der Waals surface area contributed by atoms with E-state index in [4.69, 9.17) is 4.52 Å². The molecule has 0 bridgehead atoms. The summed E-state index contributed by atoms with van der Waals surface area (Å²) in [7, 11) is 0. The van der Waals surface area contributed by atoms with Crippen molar-refractivity contribution in [2.24, 2.45) is 0 Å². The Labute approximate surface area is 138 Å². The third-order valence-electron chi connectivity index (χ3n) is 3.21. The number of hydrogen-bond acceptors (Lipinski definition) is 6. The monoisotopic (exact) mass is 327 g/mol. The Morgan fingerprint density at radius 3 is 2.78 bits per heavy atom. The Morgan fingerprint density at radius 2 is 2.09 bits per heavy atom. The van der Waals surface area contributed by atoms with E-state index < -0.39 is 0 Å². The van der Waals surface area contributed by atoms with Gasteiger partial charge in [0.25, 0.3) is 0 Å². The SMILES string of the molecule is C=CCn1c(SCc2nc(CC)no2)nnc1-c1ccccc1. The van der Waals surface area contributed by atoms with Gasteiger partial charge in [-0.15, -0.1) is 16.8 Å². The summed E-state index contributed by atoms with van der Waals surface area (Å²) in [5.74, 6) is 2.71. The van der Waals surface area contributed by atoms with Gasteiger partial charge in [0.15, 0.2) is 16.8 Å². The zero-order chi connectivity index (χ0) is 16.1. The van der Waals surface area contributed by atoms with Crippen LogP contribution in [0, 0.1) is 0 Å². The summed E-state index contributed by atoms with van der Waals surface area (Å²) in [6, 6.07) is 9.99. The quantitative estimate of drug-likeness (QED) is 0.489. The van der Waals surface area contributed by atoms with Crippen LogP contribution in [0.3, 0.4) is 0 Å². The lowest BCUT2D eigenvalue weighted by Gasteiger charge is -2.06. The average Bonchev–Trinajstić information content (AvgIpc) is 3.21. The molecule has 0 aliphatic rings. The van der Waals surface area contributed by atoms with Crippen LogP contribution in [0.1, 0.15) is 18.6 Å². The minimum Gasteiger partial charge on any atom is -0.338 e. The molecule has 0 N–H and O–H groups in total. The first kappa shape index (κ1) is 15.5. The highest BCUT2D eigenvalue weighted by Gasteiger charge is 2.14. The number of rotatable bonds is 7. The largest absolute Gasteiger partial charge is 0.338 e. The maximum atomic E-state index is 5.21. The van der Waals surface area contributed by atoms with Gasteiger partial charge in [-0.1, -0.05) is 60.3 Å². The number of nitrogens with zero attached hydrogens (tertiary/aromatic N) is 5. The molecule has 0 saturated heterocycles. The van der Waals surface area contributed by atoms with Crippen LogP contribution in [0.2, 0.25) is 0 Å². The molecule has 0 aliphatic carbocycles. The van der Waals surface area contributed by atoms with E-state index in [-0.39, 0.29) is 0 Å². The number of thioether (sulfide) groups is 1. The number of hydrogen-bond donors (Lipinski definition) is 0. The summed E-state index contributed by atoms with van der Waals surface area (Å²) in [5, 5.41) is 13.3. The van der Waals surface area contributed by atoms with Gasteiger partial charge in [-0.3, -0.25) is 4.57 Å². The summed E-state index contributed by atoms with van der Waals surface area (Å²) in [4.78, 5) is 4.31. The fraction of sp³-hybridized carbons (Fsp3) is 0.250. The van der Waals surface area contributed by atoms with E-state index in [0.717, 1.165) is 28.8 Å². The smallest absolute Gasteiger partial charge is 0.237 e. The van der Waals surface area contributed by atoms with E-state index in [0.29, 0.717) is 18.2 Å². The van der Waals surface area contributed by atoms with Gasteiger partial charge in [0, 0.05) is 18.5 Å². The van der Waals surface area contributed by atoms with E-state index in [1.807, 2.05) is 47.9 Å². The highest BCUT2D eigenvalue weighted by atomic mass is 32.2. The zero-order valence-electron chi connectivity index (χ0n) is 12.8. The first-order chi connectivity index (χ1) is 11.3. The minimum atomic E-state index is 0.567. The van der Waals surface area contributed by atoms with E-state index >= 15 is 0 Å². The molecule has 0 radical (unpaired) electrons. The van der Waals surface area contributed by atoms with Crippen molar-refractivity contribution >= 4 is 11.8 Å². The van der Waals surface area contributed by atoms with Crippen LogP contribution in [0.5, 0.6) is 0 Å². The lowest BCUT2D eigenvalue weighted by atomic mass is 10.2. The van der Waals surface area contributed by atoms with Crippen LogP contribution >= 0.6 is 11.8 Å². The van der Waals surface area contributed by atoms with Crippen molar-refractivity contribution in [2.75, 3.05) is 0 Å². The topological polar surface area (TPSA) is 69.6 Å². The predicted octanol–water partition coefficient (Wildman–Crippen LogP) is 3.37. The molecule has 0 saturated carbocycles. The van der Waals surface area contributed by atoms with Gasteiger partial charge in [-0.2, -0.15) is 4.98 Å². The summed E-state index contributed by atoms with van der Waals surface area (Å²) in [5.41, 5.74) is 1.03. The predicted molar refractivity (Wildman–Crippen MR) is 88.9 cm³/mol. The van der Waals surface area contributed by atoms with Crippen LogP contribution in [0.4, 0.5) is 0 Å². The summed E-state index contributed by atoms with van der Waals surface area (Å²) < 4.78 is 7.24. The van der Waals surface area contributed by atoms with E-state index in [9.17, 15) is 0 Å². The molecular formula is C16H17N5OS. The Morgan fingerprint density at radius 1 is 1.26 bits per heavy atom. The summed E-state index contributed by atoms with van der Waals surface area (Å²) in [6.07, 6.45) is 2.60. The Balaban J connectivity index is 1.81. The molecule has 3 rings (SSSR count). The van der Waals surface area contributed by atoms with Crippen LogP contribution in [0.15, 0.2) is 52.7 Å². The Kier molecular flexibility index (Phi) is 4.87. The average molecular weight is 327 g/mol. The first-order valence-electron chi connectivity index (χ1n) is 7.35. The van der Waals surface area contributed by atoms with E-state index in [1.165, 1.54) is 11.8 Å². The van der Waals surface area contributed by atoms with Gasteiger partial charge in [-0.25, -0.2) is 0 Å². The maximum Gasteiger partial charge on any atom is 0.237 e. The van der Waals surface area contributed by atoms with Crippen LogP contribution in [0.25, 0.3) is 11.4 Å². The minimum absolute atomic E-state index is 0.567. The molecule has 0 spiro atoms. The van der Waals surface area contributed by atoms with Gasteiger partial charge in [-0.05, 0) is 0 Å². The van der Waals surface area contributed by atoms with Crippen molar-refractivity contribution in [3.05, 3.63) is 54.7 Å². The number of benzene rings is 1. The lowest BCUT2D eigenvalue weighted by Crippen LogP contribution is -2.00. The van der Waals surface area contributed by atoms with Crippen molar-refractivity contribution in [1.29, 1.82) is 0 Å². The molecule has 3 aromatic rings. The third kappa shape index (κ3) is 3.50. The second kappa shape index (κ2) is 7.23. The fourth-order valence-corrected chi connectivity index (χ4v) is 2.89. The second-order valence-corrected chi connectivity index (χ2v) is 5.76. The molecule has 2 aromatic heterocycles. The number of aryl methyl sites for hydroxylation is 1. The van der Waals surface area contributed by atoms with Gasteiger partial charge in [0.05, 0.1) is 5.75 Å². The van der Waals surface area contributed by atoms with Crippen LogP contribution in [-0.2, 0) is 18.7 Å². The van der Waals surface area contributed by atoms with Crippen molar-refractivity contribution in [2.45, 2.75) is 30.8 Å². The molecule has 0 atom stereocenters. The third-order valence-corrected chi connectivity index (χ3v) is 4.16. The highest BCUT2D eigenvalue weighted by molar-refractivity contribution is 7.98. The molecule has 23 heavy (non-hydrogen) atoms. The number of allylic oxidation sites excluding steroid dienone is 1. The molecule has 0 unspecified atom stereocenters. The summed E-state index contributed by atoms with van der Waals surface area (Å²) in [6.45, 7) is 6.45. The van der Waals surface area contributed by atoms with Crippen molar-refractivity contribution in [3.8, 4) is 11.4 Å². The zero-order valence-corrected chi connectivity index (χ0v) is 13.7. The van der Waals surface area contributed by atoms with Crippen molar-refractivity contribution in [3.63, 3.8) is 0 Å². The standard InChI is InChI=1S/C16H17N5OS/c1-3-10-21-15(12-8-6-5-7-9-12)18-19-16(21)23-11-14-17-13(4-2)20-22-14/h3,5-9H,1,4,10-11H2,2H3. The van der Waals surface area contributed by atoms with Gasteiger partial charge in [0.1, 0.15) is 0 Å². The maximum absolute atomic E-state index is 5.21. The van der Waals surface area contributed by atoms with Crippen molar-refractivity contribution < 1.29 is 4.52 Å². The molecule has 1 aromatic carbocycles. The molecule has 2 heterocycles. The van der Waals surface area contributed by atoms with Gasteiger partial charge < -0.3 is 4.52 Å². The highest BCUT2D eigenvalue weighted by Crippen LogP contribution is 2.26. The molecule has 7 heteroatoms. The van der Waals surface area contributed by atoms with Crippen LogP contribution < -0.4 is 0 Å². The molecule has 0 amide bonds. The Hall–Kier alpha value is -2.41. The van der Waals surface area contributed by atoms with Crippen LogP contribution in [-0.4, -0.2) is 24.9 Å². The molecular weight excluding hydrogens is 310 g/mol. The molecule has 0 fully saturated rings. The molecule has 6 nitrogen and oxygen atoms in total. The number of aromatic nitrogens is 5.